The monoisotopic (exact) mass is 285 g/mol. The van der Waals surface area contributed by atoms with Gasteiger partial charge in [0, 0.05) is 25.9 Å². The van der Waals surface area contributed by atoms with Crippen molar-refractivity contribution in [1.82, 2.24) is 9.97 Å². The topological polar surface area (TPSA) is 49.2 Å². The normalized spacial score (nSPS) is 17.8. The molecule has 1 saturated heterocycles. The second-order valence-electron chi connectivity index (χ2n) is 4.22. The number of anilines is 1. The highest BCUT2D eigenvalue weighted by Crippen LogP contribution is 2.21. The summed E-state index contributed by atoms with van der Waals surface area (Å²) in [5.41, 5.74) is 0.967. The smallest absolute Gasteiger partial charge is 0.225 e. The maximum atomic E-state index is 9.07. The maximum absolute atomic E-state index is 9.07. The lowest BCUT2D eigenvalue weighted by atomic mass is 9.98. The van der Waals surface area contributed by atoms with Crippen molar-refractivity contribution in [1.29, 1.82) is 0 Å². The SMILES string of the molecule is Cc1nc(N2CCC(CO)CC2)ncc1Br. The molecule has 4 nitrogen and oxygen atoms in total. The fourth-order valence-corrected chi connectivity index (χ4v) is 2.10. The number of aryl methyl sites for hydroxylation is 1. The van der Waals surface area contributed by atoms with Crippen LogP contribution in [0.25, 0.3) is 0 Å². The first-order chi connectivity index (χ1) is 7.70. The van der Waals surface area contributed by atoms with E-state index in [0.29, 0.717) is 12.5 Å². The van der Waals surface area contributed by atoms with E-state index < -0.39 is 0 Å². The zero-order valence-electron chi connectivity index (χ0n) is 9.36. The van der Waals surface area contributed by atoms with Crippen LogP contribution in [0.5, 0.6) is 0 Å². The Morgan fingerprint density at radius 2 is 2.19 bits per heavy atom. The number of aromatic nitrogens is 2. The van der Waals surface area contributed by atoms with Gasteiger partial charge in [0.1, 0.15) is 0 Å². The third-order valence-electron chi connectivity index (χ3n) is 3.06. The zero-order chi connectivity index (χ0) is 11.5. The third-order valence-corrected chi connectivity index (χ3v) is 3.84. The highest BCUT2D eigenvalue weighted by molar-refractivity contribution is 9.10. The molecule has 16 heavy (non-hydrogen) atoms. The van der Waals surface area contributed by atoms with Crippen LogP contribution in [0, 0.1) is 12.8 Å². The molecule has 0 aromatic carbocycles. The third kappa shape index (κ3) is 2.52. The van der Waals surface area contributed by atoms with E-state index in [1.807, 2.05) is 6.92 Å². The Labute approximate surface area is 104 Å². The Kier molecular flexibility index (Phi) is 3.76. The number of halogens is 1. The molecule has 0 aliphatic carbocycles. The van der Waals surface area contributed by atoms with E-state index in [2.05, 4.69) is 30.8 Å². The van der Waals surface area contributed by atoms with Crippen molar-refractivity contribution in [2.24, 2.45) is 5.92 Å². The first kappa shape index (κ1) is 11.8. The molecular formula is C11H16BrN3O. The molecule has 0 saturated carbocycles. The second-order valence-corrected chi connectivity index (χ2v) is 5.07. The van der Waals surface area contributed by atoms with Crippen LogP contribution >= 0.6 is 15.9 Å². The molecule has 0 unspecified atom stereocenters. The van der Waals surface area contributed by atoms with Gasteiger partial charge < -0.3 is 10.0 Å². The molecule has 5 heteroatoms. The molecule has 1 aliphatic rings. The molecular weight excluding hydrogens is 270 g/mol. The maximum Gasteiger partial charge on any atom is 0.225 e. The highest BCUT2D eigenvalue weighted by Gasteiger charge is 2.20. The van der Waals surface area contributed by atoms with Crippen molar-refractivity contribution in [3.63, 3.8) is 0 Å². The van der Waals surface area contributed by atoms with Crippen molar-refractivity contribution < 1.29 is 5.11 Å². The van der Waals surface area contributed by atoms with Gasteiger partial charge in [0.25, 0.3) is 0 Å². The second kappa shape index (κ2) is 5.10. The molecule has 1 fully saturated rings. The van der Waals surface area contributed by atoms with E-state index in [1.165, 1.54) is 0 Å². The number of piperidine rings is 1. The van der Waals surface area contributed by atoms with Crippen LogP contribution in [0.3, 0.4) is 0 Å². The minimum atomic E-state index is 0.300. The van der Waals surface area contributed by atoms with E-state index in [9.17, 15) is 0 Å². The van der Waals surface area contributed by atoms with Gasteiger partial charge >= 0.3 is 0 Å². The lowest BCUT2D eigenvalue weighted by molar-refractivity contribution is 0.202. The molecule has 0 amide bonds. The Balaban J connectivity index is 2.05. The predicted octanol–water partition coefficient (Wildman–Crippen LogP) is 1.76. The molecule has 0 spiro atoms. The summed E-state index contributed by atoms with van der Waals surface area (Å²) in [7, 11) is 0. The van der Waals surface area contributed by atoms with Gasteiger partial charge in [-0.1, -0.05) is 0 Å². The van der Waals surface area contributed by atoms with Crippen molar-refractivity contribution in [3.8, 4) is 0 Å². The fourth-order valence-electron chi connectivity index (χ4n) is 1.91. The van der Waals surface area contributed by atoms with Crippen LogP contribution in [0.2, 0.25) is 0 Å². The molecule has 1 N–H and O–H groups in total. The fraction of sp³-hybridized carbons (Fsp3) is 0.636. The van der Waals surface area contributed by atoms with E-state index in [-0.39, 0.29) is 0 Å². The van der Waals surface area contributed by atoms with Crippen LogP contribution < -0.4 is 4.90 Å². The van der Waals surface area contributed by atoms with Gasteiger partial charge in [0.15, 0.2) is 0 Å². The van der Waals surface area contributed by atoms with Crippen molar-refractivity contribution in [3.05, 3.63) is 16.4 Å². The Morgan fingerprint density at radius 3 is 2.75 bits per heavy atom. The van der Waals surface area contributed by atoms with Crippen molar-refractivity contribution in [2.75, 3.05) is 24.6 Å². The zero-order valence-corrected chi connectivity index (χ0v) is 10.9. The van der Waals surface area contributed by atoms with Gasteiger partial charge in [-0.2, -0.15) is 0 Å². The van der Waals surface area contributed by atoms with Crippen LogP contribution in [-0.2, 0) is 0 Å². The summed E-state index contributed by atoms with van der Waals surface area (Å²) in [4.78, 5) is 11.0. The van der Waals surface area contributed by atoms with E-state index >= 15 is 0 Å². The van der Waals surface area contributed by atoms with Crippen LogP contribution in [0.4, 0.5) is 5.95 Å². The van der Waals surface area contributed by atoms with E-state index in [1.54, 1.807) is 6.20 Å². The van der Waals surface area contributed by atoms with Crippen molar-refractivity contribution >= 4 is 21.9 Å². The first-order valence-electron chi connectivity index (χ1n) is 5.55. The average Bonchev–Trinajstić information content (AvgIpc) is 2.33. The minimum absolute atomic E-state index is 0.300. The largest absolute Gasteiger partial charge is 0.396 e. The van der Waals surface area contributed by atoms with Gasteiger partial charge in [0.05, 0.1) is 10.2 Å². The van der Waals surface area contributed by atoms with Gasteiger partial charge in [0.2, 0.25) is 5.95 Å². The van der Waals surface area contributed by atoms with Gasteiger partial charge in [-0.05, 0) is 41.6 Å². The molecule has 0 bridgehead atoms. The number of aliphatic hydroxyl groups excluding tert-OH is 1. The van der Waals surface area contributed by atoms with Gasteiger partial charge in [-0.3, -0.25) is 0 Å². The molecule has 0 radical (unpaired) electrons. The lowest BCUT2D eigenvalue weighted by Gasteiger charge is -2.31. The number of hydrogen-bond acceptors (Lipinski definition) is 4. The van der Waals surface area contributed by atoms with Crippen LogP contribution in [0.1, 0.15) is 18.5 Å². The lowest BCUT2D eigenvalue weighted by Crippen LogP contribution is -2.35. The molecule has 1 aliphatic heterocycles. The molecule has 2 rings (SSSR count). The predicted molar refractivity (Wildman–Crippen MR) is 66.5 cm³/mol. The summed E-state index contributed by atoms with van der Waals surface area (Å²) in [6, 6.07) is 0. The molecule has 0 atom stereocenters. The first-order valence-corrected chi connectivity index (χ1v) is 6.35. The summed E-state index contributed by atoms with van der Waals surface area (Å²) < 4.78 is 0.946. The van der Waals surface area contributed by atoms with Gasteiger partial charge in [-0.15, -0.1) is 0 Å². The number of aliphatic hydroxyl groups is 1. The number of nitrogens with zero attached hydrogens (tertiary/aromatic N) is 3. The van der Waals surface area contributed by atoms with Gasteiger partial charge in [-0.25, -0.2) is 9.97 Å². The van der Waals surface area contributed by atoms with E-state index in [4.69, 9.17) is 5.11 Å². The van der Waals surface area contributed by atoms with Crippen LogP contribution in [-0.4, -0.2) is 34.8 Å². The molecule has 88 valence electrons. The Morgan fingerprint density at radius 1 is 1.50 bits per heavy atom. The standard InChI is InChI=1S/C11H16BrN3O/c1-8-10(12)6-13-11(14-8)15-4-2-9(7-16)3-5-15/h6,9,16H,2-5,7H2,1H3. The summed E-state index contributed by atoms with van der Waals surface area (Å²) in [6.45, 7) is 4.14. The summed E-state index contributed by atoms with van der Waals surface area (Å²) in [6.07, 6.45) is 3.85. The average molecular weight is 286 g/mol. The Bertz CT molecular complexity index is 364. The van der Waals surface area contributed by atoms with Crippen LogP contribution in [0.15, 0.2) is 10.7 Å². The summed E-state index contributed by atoms with van der Waals surface area (Å²) >= 11 is 3.40. The number of hydrogen-bond donors (Lipinski definition) is 1. The quantitative estimate of drug-likeness (QED) is 0.900. The highest BCUT2D eigenvalue weighted by atomic mass is 79.9. The summed E-state index contributed by atoms with van der Waals surface area (Å²) in [5, 5.41) is 9.07. The molecule has 1 aromatic heterocycles. The molecule has 1 aromatic rings. The van der Waals surface area contributed by atoms with Crippen molar-refractivity contribution in [2.45, 2.75) is 19.8 Å². The summed E-state index contributed by atoms with van der Waals surface area (Å²) in [5.74, 6) is 1.25. The molecule has 2 heterocycles. The Hall–Kier alpha value is -0.680. The number of rotatable bonds is 2. The van der Waals surface area contributed by atoms with E-state index in [0.717, 1.165) is 42.0 Å². The minimum Gasteiger partial charge on any atom is -0.396 e.